The minimum absolute atomic E-state index is 0.00513. The van der Waals surface area contributed by atoms with E-state index < -0.39 is 23.7 Å². The van der Waals surface area contributed by atoms with E-state index in [1.165, 1.54) is 30.5 Å². The Hall–Kier alpha value is -3.68. The number of hydrazine groups is 2. The lowest BCUT2D eigenvalue weighted by Crippen LogP contribution is -2.38. The number of fused-ring (bicyclic) bond motifs is 1. The van der Waals surface area contributed by atoms with Crippen molar-refractivity contribution in [2.45, 2.75) is 44.2 Å². The van der Waals surface area contributed by atoms with Gasteiger partial charge in [0.2, 0.25) is 6.43 Å². The van der Waals surface area contributed by atoms with Crippen LogP contribution in [0.15, 0.2) is 54.5 Å². The van der Waals surface area contributed by atoms with E-state index in [9.17, 15) is 19.8 Å². The van der Waals surface area contributed by atoms with Crippen LogP contribution >= 0.6 is 11.6 Å². The summed E-state index contributed by atoms with van der Waals surface area (Å²) in [5.41, 5.74) is 7.33. The lowest BCUT2D eigenvalue weighted by atomic mass is 10.0. The summed E-state index contributed by atoms with van der Waals surface area (Å²) in [4.78, 5) is 4.33. The number of hydrogen-bond donors (Lipinski definition) is 4. The van der Waals surface area contributed by atoms with E-state index >= 15 is 0 Å². The van der Waals surface area contributed by atoms with Crippen LogP contribution in [0.4, 0.5) is 24.5 Å². The summed E-state index contributed by atoms with van der Waals surface area (Å²) in [6.07, 6.45) is 3.58. The molecule has 1 unspecified atom stereocenters. The number of pyridine rings is 1. The monoisotopic (exact) mass is 540 g/mol. The Morgan fingerprint density at radius 2 is 2.03 bits per heavy atom. The number of rotatable bonds is 9. The maximum Gasteiger partial charge on any atom is 0.245 e. The van der Waals surface area contributed by atoms with Gasteiger partial charge in [-0.2, -0.15) is 5.26 Å². The van der Waals surface area contributed by atoms with Crippen LogP contribution in [0.3, 0.4) is 0 Å². The van der Waals surface area contributed by atoms with Crippen molar-refractivity contribution in [2.24, 2.45) is 5.41 Å². The number of alkyl halides is 2. The smallest absolute Gasteiger partial charge is 0.245 e. The van der Waals surface area contributed by atoms with Crippen molar-refractivity contribution in [3.05, 3.63) is 76.5 Å². The Bertz CT molecular complexity index is 1500. The van der Waals surface area contributed by atoms with Gasteiger partial charge in [0, 0.05) is 41.5 Å². The third-order valence-electron chi connectivity index (χ3n) is 7.22. The second kappa shape index (κ2) is 9.57. The summed E-state index contributed by atoms with van der Waals surface area (Å²) >= 11 is 6.62. The Balaban J connectivity index is 1.41. The minimum atomic E-state index is -2.47. The van der Waals surface area contributed by atoms with Crippen LogP contribution in [0.5, 0.6) is 0 Å². The molecule has 0 bridgehead atoms. The minimum Gasteiger partial charge on any atom is -0.383 e. The summed E-state index contributed by atoms with van der Waals surface area (Å²) < 4.78 is 50.5. The van der Waals surface area contributed by atoms with Crippen molar-refractivity contribution < 1.29 is 14.5 Å². The highest BCUT2D eigenvalue weighted by Gasteiger charge is 2.50. The Labute approximate surface area is 224 Å². The predicted molar refractivity (Wildman–Crippen MR) is 140 cm³/mol. The fourth-order valence-electron chi connectivity index (χ4n) is 4.56. The summed E-state index contributed by atoms with van der Waals surface area (Å²) in [5, 5.41) is 18.6. The molecule has 2 fully saturated rings. The maximum absolute atomic E-state index is 13.8. The number of hydrogen-bond acceptors (Lipinski definition) is 7. The zero-order valence-electron chi connectivity index (χ0n) is 21.2. The van der Waals surface area contributed by atoms with Gasteiger partial charge in [-0.05, 0) is 55.5 Å². The van der Waals surface area contributed by atoms with E-state index in [1.54, 1.807) is 12.1 Å². The summed E-state index contributed by atoms with van der Waals surface area (Å²) in [5.74, 6) is -0.427. The number of nitrogens with one attached hydrogen (secondary N) is 4. The molecule has 11 heteroatoms. The largest absolute Gasteiger partial charge is 0.383 e. The molecule has 1 aromatic heterocycles. The standard InChI is InChI=1S/C27H25ClF3N7/c28-21-10-18(9-20-23(16(11-32)12-33-25(20)21)34-14-27(7-8-27)26(30)31)35-24(15-1-3-17(29)4-2-15)22-13-38(37-36-22)19-5-6-19/h1-4,9-10,12-13,19,24,26,35-37H,5-8,14H2,(H,33,34)/i24D. The van der Waals surface area contributed by atoms with E-state index in [-0.39, 0.29) is 17.1 Å². The SMILES string of the molecule is [2H]C(Nc1cc(Cl)c2ncc(C#N)c(NCC3(C(F)F)CC3)c2c1)(C1=CN(C2CC2)NN1)c1ccc(F)cc1. The maximum atomic E-state index is 13.8. The number of nitriles is 1. The van der Waals surface area contributed by atoms with Crippen molar-refractivity contribution in [3.8, 4) is 6.07 Å². The zero-order valence-corrected chi connectivity index (χ0v) is 20.9. The van der Waals surface area contributed by atoms with Gasteiger partial charge in [-0.1, -0.05) is 23.7 Å². The van der Waals surface area contributed by atoms with E-state index in [4.69, 9.17) is 11.6 Å². The first-order chi connectivity index (χ1) is 18.7. The van der Waals surface area contributed by atoms with Gasteiger partial charge in [0.15, 0.2) is 0 Å². The molecule has 3 aliphatic rings. The Kier molecular flexibility index (Phi) is 5.90. The van der Waals surface area contributed by atoms with Crippen molar-refractivity contribution >= 4 is 33.9 Å². The number of anilines is 2. The van der Waals surface area contributed by atoms with Gasteiger partial charge in [0.25, 0.3) is 0 Å². The molecule has 0 amide bonds. The average Bonchev–Trinajstić information content (AvgIpc) is 3.86. The van der Waals surface area contributed by atoms with E-state index in [1.807, 2.05) is 11.2 Å². The molecule has 2 aliphatic carbocycles. The van der Waals surface area contributed by atoms with Crippen LogP contribution in [-0.4, -0.2) is 29.0 Å². The molecular formula is C27H25ClF3N7. The third-order valence-corrected chi connectivity index (χ3v) is 7.51. The topological polar surface area (TPSA) is 88.0 Å². The fourth-order valence-corrected chi connectivity index (χ4v) is 4.83. The molecule has 1 aliphatic heterocycles. The van der Waals surface area contributed by atoms with Gasteiger partial charge in [0.05, 0.1) is 34.9 Å². The molecule has 2 aromatic carbocycles. The van der Waals surface area contributed by atoms with Crippen molar-refractivity contribution in [1.82, 2.24) is 21.0 Å². The molecule has 196 valence electrons. The lowest BCUT2D eigenvalue weighted by Gasteiger charge is -2.23. The molecule has 6 rings (SSSR count). The Morgan fingerprint density at radius 3 is 2.68 bits per heavy atom. The molecular weight excluding hydrogens is 515 g/mol. The van der Waals surface area contributed by atoms with Gasteiger partial charge < -0.3 is 16.1 Å². The number of benzene rings is 2. The van der Waals surface area contributed by atoms with Crippen LogP contribution in [0.2, 0.25) is 5.02 Å². The highest BCUT2D eigenvalue weighted by molar-refractivity contribution is 6.35. The van der Waals surface area contributed by atoms with Crippen LogP contribution in [0, 0.1) is 22.6 Å². The van der Waals surface area contributed by atoms with Gasteiger partial charge >= 0.3 is 0 Å². The highest BCUT2D eigenvalue weighted by atomic mass is 35.5. The summed E-state index contributed by atoms with van der Waals surface area (Å²) in [6.45, 7) is 0.00513. The first-order valence-electron chi connectivity index (χ1n) is 12.8. The fraction of sp³-hybridized carbons (Fsp3) is 0.333. The molecule has 7 nitrogen and oxygen atoms in total. The number of halogens is 4. The first kappa shape index (κ1) is 23.4. The average molecular weight is 541 g/mol. The normalized spacial score (nSPS) is 19.8. The van der Waals surface area contributed by atoms with Gasteiger partial charge in [-0.25, -0.2) is 13.2 Å². The molecule has 0 spiro atoms. The van der Waals surface area contributed by atoms with Gasteiger partial charge in [-0.3, -0.25) is 9.99 Å². The van der Waals surface area contributed by atoms with E-state index in [2.05, 4.69) is 32.6 Å². The number of aromatic nitrogens is 1. The van der Waals surface area contributed by atoms with Crippen molar-refractivity contribution in [3.63, 3.8) is 0 Å². The second-order valence-electron chi connectivity index (χ2n) is 9.95. The molecule has 3 aromatic rings. The molecule has 0 radical (unpaired) electrons. The van der Waals surface area contributed by atoms with Crippen molar-refractivity contribution in [2.75, 3.05) is 17.2 Å². The quantitative estimate of drug-likeness (QED) is 0.271. The molecule has 0 saturated heterocycles. The van der Waals surface area contributed by atoms with Gasteiger partial charge in [-0.15, -0.1) is 5.53 Å². The summed E-state index contributed by atoms with van der Waals surface area (Å²) in [6, 6.07) is 9.75. The van der Waals surface area contributed by atoms with Crippen LogP contribution in [0.25, 0.3) is 10.9 Å². The van der Waals surface area contributed by atoms with Crippen LogP contribution in [0.1, 0.15) is 44.2 Å². The zero-order chi connectivity index (χ0) is 27.4. The first-order valence-corrected chi connectivity index (χ1v) is 12.7. The van der Waals surface area contributed by atoms with Crippen molar-refractivity contribution in [1.29, 1.82) is 5.26 Å². The molecule has 2 heterocycles. The second-order valence-corrected chi connectivity index (χ2v) is 10.4. The highest BCUT2D eigenvalue weighted by Crippen LogP contribution is 2.51. The molecule has 2 saturated carbocycles. The number of nitrogens with zero attached hydrogens (tertiary/aromatic N) is 3. The third kappa shape index (κ3) is 4.68. The van der Waals surface area contributed by atoms with Gasteiger partial charge in [0.1, 0.15) is 11.9 Å². The van der Waals surface area contributed by atoms with E-state index in [0.29, 0.717) is 52.4 Å². The van der Waals surface area contributed by atoms with E-state index in [0.717, 1.165) is 12.8 Å². The molecule has 4 N–H and O–H groups in total. The lowest BCUT2D eigenvalue weighted by molar-refractivity contribution is 0.0688. The van der Waals surface area contributed by atoms with Crippen LogP contribution < -0.4 is 21.6 Å². The molecule has 1 atom stereocenters. The summed E-state index contributed by atoms with van der Waals surface area (Å²) in [7, 11) is 0. The Morgan fingerprint density at radius 1 is 1.26 bits per heavy atom. The molecule has 38 heavy (non-hydrogen) atoms. The van der Waals surface area contributed by atoms with Crippen LogP contribution in [-0.2, 0) is 0 Å². The predicted octanol–water partition coefficient (Wildman–Crippen LogP) is 5.84.